The number of nitrogens with zero attached hydrogens (tertiary/aromatic N) is 3. The van der Waals surface area contributed by atoms with Crippen LogP contribution in [0.1, 0.15) is 63.6 Å². The lowest BCUT2D eigenvalue weighted by Crippen LogP contribution is -2.11. The number of thioether (sulfide) groups is 1. The molecule has 0 amide bonds. The lowest BCUT2D eigenvalue weighted by molar-refractivity contribution is 0.485. The second-order valence-electron chi connectivity index (χ2n) is 8.97. The normalized spacial score (nSPS) is 15.1. The molecule has 1 aromatic heterocycles. The Kier molecular flexibility index (Phi) is 6.47. The van der Waals surface area contributed by atoms with Gasteiger partial charge in [0.1, 0.15) is 0 Å². The number of hydrogen-bond donors (Lipinski definition) is 0. The van der Waals surface area contributed by atoms with Crippen LogP contribution in [0.15, 0.2) is 47.6 Å². The molecule has 4 rings (SSSR count). The van der Waals surface area contributed by atoms with E-state index in [4.69, 9.17) is 23.2 Å². The van der Waals surface area contributed by atoms with E-state index in [0.717, 1.165) is 27.9 Å². The molecule has 0 spiro atoms. The van der Waals surface area contributed by atoms with Crippen molar-refractivity contribution in [3.05, 3.63) is 63.6 Å². The molecule has 1 aliphatic rings. The summed E-state index contributed by atoms with van der Waals surface area (Å²) < 4.78 is 2.35. The summed E-state index contributed by atoms with van der Waals surface area (Å²) in [6, 6.07) is 14.9. The summed E-state index contributed by atoms with van der Waals surface area (Å²) in [5, 5.41) is 11.5. The maximum atomic E-state index is 6.37. The van der Waals surface area contributed by atoms with Gasteiger partial charge in [0.15, 0.2) is 11.0 Å². The number of halogens is 2. The Morgan fingerprint density at radius 2 is 1.70 bits per heavy atom. The van der Waals surface area contributed by atoms with Crippen LogP contribution < -0.4 is 0 Å². The zero-order valence-electron chi connectivity index (χ0n) is 17.7. The van der Waals surface area contributed by atoms with Gasteiger partial charge in [0.05, 0.1) is 0 Å². The Morgan fingerprint density at radius 1 is 1.00 bits per heavy atom. The molecule has 1 fully saturated rings. The molecule has 3 nitrogen and oxygen atoms in total. The van der Waals surface area contributed by atoms with E-state index in [1.807, 2.05) is 12.1 Å². The average molecular weight is 460 g/mol. The molecular weight excluding hydrogens is 433 g/mol. The van der Waals surface area contributed by atoms with Crippen LogP contribution in [-0.4, -0.2) is 14.8 Å². The van der Waals surface area contributed by atoms with E-state index < -0.39 is 0 Å². The number of rotatable bonds is 5. The van der Waals surface area contributed by atoms with E-state index in [-0.39, 0.29) is 5.41 Å². The minimum atomic E-state index is 0.135. The molecule has 0 saturated heterocycles. The molecular formula is C24H27Cl2N3S. The summed E-state index contributed by atoms with van der Waals surface area (Å²) in [5.41, 5.74) is 3.64. The smallest absolute Gasteiger partial charge is 0.192 e. The van der Waals surface area contributed by atoms with Gasteiger partial charge in [-0.2, -0.15) is 0 Å². The highest BCUT2D eigenvalue weighted by Crippen LogP contribution is 2.38. The fourth-order valence-electron chi connectivity index (χ4n) is 3.96. The second-order valence-corrected chi connectivity index (χ2v) is 10.8. The molecule has 2 aromatic carbocycles. The minimum Gasteiger partial charge on any atom is -0.299 e. The van der Waals surface area contributed by atoms with E-state index in [0.29, 0.717) is 16.1 Å². The van der Waals surface area contributed by atoms with E-state index in [2.05, 4.69) is 59.8 Å². The van der Waals surface area contributed by atoms with Gasteiger partial charge in [-0.3, -0.25) is 4.57 Å². The van der Waals surface area contributed by atoms with Crippen LogP contribution in [0.3, 0.4) is 0 Å². The zero-order valence-corrected chi connectivity index (χ0v) is 20.0. The molecule has 0 N–H and O–H groups in total. The third-order valence-electron chi connectivity index (χ3n) is 5.74. The predicted octanol–water partition coefficient (Wildman–Crippen LogP) is 7.96. The van der Waals surface area contributed by atoms with Crippen LogP contribution in [0.25, 0.3) is 11.4 Å². The van der Waals surface area contributed by atoms with Gasteiger partial charge >= 0.3 is 0 Å². The van der Waals surface area contributed by atoms with Gasteiger partial charge in [0, 0.05) is 27.4 Å². The van der Waals surface area contributed by atoms with Crippen LogP contribution in [0.5, 0.6) is 0 Å². The van der Waals surface area contributed by atoms with Gasteiger partial charge in [-0.05, 0) is 41.5 Å². The standard InChI is InChI=1S/C24H27Cl2N3S/c1-24(2,3)18-11-8-16(9-12-18)22-27-28-23(29(22)20-6-4-5-7-20)30-15-17-10-13-19(25)14-21(17)26/h8-14,20H,4-7,15H2,1-3H3. The van der Waals surface area contributed by atoms with Gasteiger partial charge < -0.3 is 0 Å². The Bertz CT molecular complexity index is 1020. The molecule has 1 saturated carbocycles. The summed E-state index contributed by atoms with van der Waals surface area (Å²) in [6.07, 6.45) is 4.89. The molecule has 1 aliphatic carbocycles. The Morgan fingerprint density at radius 3 is 2.33 bits per heavy atom. The molecule has 0 bridgehead atoms. The van der Waals surface area contributed by atoms with Crippen LogP contribution in [-0.2, 0) is 11.2 Å². The lowest BCUT2D eigenvalue weighted by Gasteiger charge is -2.20. The predicted molar refractivity (Wildman–Crippen MR) is 128 cm³/mol. The monoisotopic (exact) mass is 459 g/mol. The van der Waals surface area contributed by atoms with Crippen molar-refractivity contribution in [2.75, 3.05) is 0 Å². The Labute approximate surface area is 193 Å². The largest absolute Gasteiger partial charge is 0.299 e. The Balaban J connectivity index is 1.64. The minimum absolute atomic E-state index is 0.135. The molecule has 0 radical (unpaired) electrons. The summed E-state index contributed by atoms with van der Waals surface area (Å²) in [7, 11) is 0. The summed E-state index contributed by atoms with van der Waals surface area (Å²) in [5.74, 6) is 1.70. The lowest BCUT2D eigenvalue weighted by atomic mass is 9.86. The van der Waals surface area contributed by atoms with Crippen molar-refractivity contribution >= 4 is 35.0 Å². The van der Waals surface area contributed by atoms with Crippen molar-refractivity contribution in [3.63, 3.8) is 0 Å². The number of benzene rings is 2. The van der Waals surface area contributed by atoms with Crippen molar-refractivity contribution < 1.29 is 0 Å². The molecule has 0 unspecified atom stereocenters. The molecule has 1 heterocycles. The third-order valence-corrected chi connectivity index (χ3v) is 7.31. The quantitative estimate of drug-likeness (QED) is 0.362. The Hall–Kier alpha value is -1.49. The van der Waals surface area contributed by atoms with Gasteiger partial charge in [0.2, 0.25) is 0 Å². The first-order valence-corrected chi connectivity index (χ1v) is 12.2. The summed E-state index contributed by atoms with van der Waals surface area (Å²) in [6.45, 7) is 6.71. The first-order valence-electron chi connectivity index (χ1n) is 10.5. The van der Waals surface area contributed by atoms with Crippen molar-refractivity contribution in [1.29, 1.82) is 0 Å². The van der Waals surface area contributed by atoms with Crippen LogP contribution in [0.2, 0.25) is 10.0 Å². The van der Waals surface area contributed by atoms with E-state index in [9.17, 15) is 0 Å². The molecule has 0 aliphatic heterocycles. The van der Waals surface area contributed by atoms with Gasteiger partial charge in [-0.25, -0.2) is 0 Å². The van der Waals surface area contributed by atoms with Crippen LogP contribution in [0.4, 0.5) is 0 Å². The highest BCUT2D eigenvalue weighted by Gasteiger charge is 2.25. The SMILES string of the molecule is CC(C)(C)c1ccc(-c2nnc(SCc3ccc(Cl)cc3Cl)n2C2CCCC2)cc1. The van der Waals surface area contributed by atoms with Crippen molar-refractivity contribution in [3.8, 4) is 11.4 Å². The van der Waals surface area contributed by atoms with Crippen molar-refractivity contribution in [2.24, 2.45) is 0 Å². The average Bonchev–Trinajstić information content (AvgIpc) is 3.36. The van der Waals surface area contributed by atoms with E-state index >= 15 is 0 Å². The van der Waals surface area contributed by atoms with E-state index in [1.165, 1.54) is 31.2 Å². The molecule has 3 aromatic rings. The number of aromatic nitrogens is 3. The van der Waals surface area contributed by atoms with Crippen LogP contribution in [0, 0.1) is 0 Å². The highest BCUT2D eigenvalue weighted by molar-refractivity contribution is 7.98. The van der Waals surface area contributed by atoms with Crippen molar-refractivity contribution in [1.82, 2.24) is 14.8 Å². The van der Waals surface area contributed by atoms with Gasteiger partial charge in [-0.15, -0.1) is 10.2 Å². The first kappa shape index (κ1) is 21.7. The summed E-state index contributed by atoms with van der Waals surface area (Å²) >= 11 is 14.1. The topological polar surface area (TPSA) is 30.7 Å². The fraction of sp³-hybridized carbons (Fsp3) is 0.417. The van der Waals surface area contributed by atoms with Crippen molar-refractivity contribution in [2.45, 2.75) is 68.8 Å². The zero-order chi connectivity index (χ0) is 21.3. The van der Waals surface area contributed by atoms with E-state index in [1.54, 1.807) is 17.8 Å². The summed E-state index contributed by atoms with van der Waals surface area (Å²) in [4.78, 5) is 0. The maximum Gasteiger partial charge on any atom is 0.192 e. The van der Waals surface area contributed by atoms with Gasteiger partial charge in [-0.1, -0.05) is 98.9 Å². The fourth-order valence-corrected chi connectivity index (χ4v) is 5.53. The molecule has 158 valence electrons. The molecule has 0 atom stereocenters. The first-order chi connectivity index (χ1) is 14.3. The maximum absolute atomic E-state index is 6.37. The van der Waals surface area contributed by atoms with Gasteiger partial charge in [0.25, 0.3) is 0 Å². The second kappa shape index (κ2) is 8.94. The number of hydrogen-bond acceptors (Lipinski definition) is 3. The third kappa shape index (κ3) is 4.71. The molecule has 6 heteroatoms. The highest BCUT2D eigenvalue weighted by atomic mass is 35.5. The molecule has 30 heavy (non-hydrogen) atoms. The van der Waals surface area contributed by atoms with Crippen LogP contribution >= 0.6 is 35.0 Å².